The number of fused-ring (bicyclic) bond motifs is 1. The summed E-state index contributed by atoms with van der Waals surface area (Å²) in [5.41, 5.74) is 0.604. The van der Waals surface area contributed by atoms with Crippen molar-refractivity contribution >= 4 is 24.9 Å². The Morgan fingerprint density at radius 3 is 2.32 bits per heavy atom. The molecule has 5 nitrogen and oxygen atoms in total. The van der Waals surface area contributed by atoms with Crippen molar-refractivity contribution in [3.8, 4) is 0 Å². The molecule has 2 rings (SSSR count). The lowest BCUT2D eigenvalue weighted by Crippen LogP contribution is -2.44. The molecule has 0 fully saturated rings. The van der Waals surface area contributed by atoms with Crippen LogP contribution in [0.15, 0.2) is 18.2 Å². The van der Waals surface area contributed by atoms with Gasteiger partial charge in [-0.25, -0.2) is 0 Å². The van der Waals surface area contributed by atoms with E-state index in [1.165, 1.54) is 12.1 Å². The van der Waals surface area contributed by atoms with E-state index >= 15 is 0 Å². The Bertz CT molecular complexity index is 806. The zero-order valence-electron chi connectivity index (χ0n) is 16.0. The molecular weight excluding hydrogens is 339 g/mol. The minimum absolute atomic E-state index is 0.118. The number of aromatic amines is 1. The highest BCUT2D eigenvalue weighted by Gasteiger charge is 2.39. The molecule has 0 atom stereocenters. The fourth-order valence-electron chi connectivity index (χ4n) is 2.30. The molecule has 0 aliphatic rings. The van der Waals surface area contributed by atoms with Crippen molar-refractivity contribution in [2.24, 2.45) is 0 Å². The molecule has 7 heteroatoms. The third kappa shape index (κ3) is 3.93. The van der Waals surface area contributed by atoms with E-state index < -0.39 is 24.7 Å². The number of nitrogens with zero attached hydrogens (tertiary/aromatic N) is 1. The molecule has 0 bridgehead atoms. The van der Waals surface area contributed by atoms with E-state index in [4.69, 9.17) is 4.43 Å². The second-order valence-corrected chi connectivity index (χ2v) is 13.6. The first-order valence-corrected chi connectivity index (χ1v) is 11.3. The number of halogens is 1. The van der Waals surface area contributed by atoms with Crippen molar-refractivity contribution in [1.29, 1.82) is 0 Å². The summed E-state index contributed by atoms with van der Waals surface area (Å²) in [5.74, 6) is -0.832. The molecule has 25 heavy (non-hydrogen) atoms. The van der Waals surface area contributed by atoms with Crippen molar-refractivity contribution in [2.45, 2.75) is 58.2 Å². The summed E-state index contributed by atoms with van der Waals surface area (Å²) < 4.78 is 20.2. The van der Waals surface area contributed by atoms with Gasteiger partial charge in [0.1, 0.15) is 0 Å². The second kappa shape index (κ2) is 6.21. The highest BCUT2D eigenvalue weighted by Crippen LogP contribution is 2.38. The number of nitro benzene ring substituents is 1. The van der Waals surface area contributed by atoms with Crippen molar-refractivity contribution in [3.05, 3.63) is 39.8 Å². The van der Waals surface area contributed by atoms with Crippen LogP contribution in [0.1, 0.15) is 40.3 Å². The molecule has 0 amide bonds. The standard InChI is InChI=1S/C18H27FN2O3Si/c1-17(2,3)25(6,7)24-11-18(4,5)16-9-12-8-15(21(22)23)13(19)10-14(12)20-16/h8-10,20H,11H2,1-7H3. The third-order valence-corrected chi connectivity index (χ3v) is 9.69. The first-order valence-electron chi connectivity index (χ1n) is 8.36. The SMILES string of the molecule is CC(C)(CO[Si](C)(C)C(C)(C)C)c1cc2cc([N+](=O)[O-])c(F)cc2[nH]1. The van der Waals surface area contributed by atoms with Crippen LogP contribution in [-0.2, 0) is 9.84 Å². The zero-order valence-corrected chi connectivity index (χ0v) is 17.0. The van der Waals surface area contributed by atoms with Gasteiger partial charge in [0, 0.05) is 40.8 Å². The summed E-state index contributed by atoms with van der Waals surface area (Å²) in [6, 6.07) is 4.30. The number of nitro groups is 1. The Balaban J connectivity index is 2.32. The second-order valence-electron chi connectivity index (χ2n) is 8.76. The maximum atomic E-state index is 13.8. The summed E-state index contributed by atoms with van der Waals surface area (Å²) in [7, 11) is -1.88. The average molecular weight is 367 g/mol. The minimum Gasteiger partial charge on any atom is -0.416 e. The molecule has 1 heterocycles. The number of rotatable bonds is 5. The maximum absolute atomic E-state index is 13.8. The highest BCUT2D eigenvalue weighted by atomic mass is 28.4. The first kappa shape index (κ1) is 19.6. The highest BCUT2D eigenvalue weighted by molar-refractivity contribution is 6.74. The van der Waals surface area contributed by atoms with Gasteiger partial charge in [-0.15, -0.1) is 0 Å². The molecule has 0 saturated carbocycles. The zero-order chi connectivity index (χ0) is 19.2. The van der Waals surface area contributed by atoms with Crippen molar-refractivity contribution in [3.63, 3.8) is 0 Å². The van der Waals surface area contributed by atoms with E-state index in [9.17, 15) is 14.5 Å². The van der Waals surface area contributed by atoms with E-state index in [1.807, 2.05) is 6.07 Å². The van der Waals surface area contributed by atoms with Crippen LogP contribution in [0.25, 0.3) is 10.9 Å². The maximum Gasteiger partial charge on any atom is 0.305 e. The number of H-pyrrole nitrogens is 1. The van der Waals surface area contributed by atoms with Crippen LogP contribution in [0.5, 0.6) is 0 Å². The molecule has 0 saturated heterocycles. The summed E-state index contributed by atoms with van der Waals surface area (Å²) in [6.07, 6.45) is 0. The topological polar surface area (TPSA) is 68.2 Å². The summed E-state index contributed by atoms with van der Waals surface area (Å²) in [6.45, 7) is 15.6. The lowest BCUT2D eigenvalue weighted by atomic mass is 9.91. The molecule has 0 unspecified atom stereocenters. The van der Waals surface area contributed by atoms with Gasteiger partial charge in [-0.3, -0.25) is 10.1 Å². The summed E-state index contributed by atoms with van der Waals surface area (Å²) in [4.78, 5) is 13.4. The first-order chi connectivity index (χ1) is 11.2. The van der Waals surface area contributed by atoms with Gasteiger partial charge in [-0.2, -0.15) is 4.39 Å². The molecule has 0 aliphatic carbocycles. The predicted octanol–water partition coefficient (Wildman–Crippen LogP) is 5.51. The summed E-state index contributed by atoms with van der Waals surface area (Å²) in [5, 5.41) is 11.7. The number of nitrogens with one attached hydrogen (secondary N) is 1. The lowest BCUT2D eigenvalue weighted by Gasteiger charge is -2.38. The van der Waals surface area contributed by atoms with Crippen LogP contribution in [0.3, 0.4) is 0 Å². The third-order valence-electron chi connectivity index (χ3n) is 5.21. The largest absolute Gasteiger partial charge is 0.416 e. The molecule has 138 valence electrons. The van der Waals surface area contributed by atoms with E-state index in [2.05, 4.69) is 52.7 Å². The van der Waals surface area contributed by atoms with Crippen LogP contribution in [0, 0.1) is 15.9 Å². The fraction of sp³-hybridized carbons (Fsp3) is 0.556. The molecule has 1 N–H and O–H groups in total. The van der Waals surface area contributed by atoms with Gasteiger partial charge >= 0.3 is 5.69 Å². The van der Waals surface area contributed by atoms with E-state index in [0.29, 0.717) is 17.5 Å². The van der Waals surface area contributed by atoms with Crippen LogP contribution in [-0.4, -0.2) is 24.8 Å². The van der Waals surface area contributed by atoms with E-state index in [0.717, 1.165) is 5.69 Å². The van der Waals surface area contributed by atoms with Gasteiger partial charge < -0.3 is 9.41 Å². The molecule has 0 spiro atoms. The Hall–Kier alpha value is -1.73. The Morgan fingerprint density at radius 1 is 1.20 bits per heavy atom. The van der Waals surface area contributed by atoms with Gasteiger partial charge in [0.15, 0.2) is 8.32 Å². The number of hydrogen-bond acceptors (Lipinski definition) is 3. The van der Waals surface area contributed by atoms with Crippen molar-refractivity contribution in [2.75, 3.05) is 6.61 Å². The average Bonchev–Trinajstić information content (AvgIpc) is 2.86. The molecular formula is C18H27FN2O3Si. The molecule has 1 aromatic carbocycles. The summed E-state index contributed by atoms with van der Waals surface area (Å²) >= 11 is 0. The van der Waals surface area contributed by atoms with Crippen LogP contribution in [0.4, 0.5) is 10.1 Å². The minimum atomic E-state index is -1.88. The van der Waals surface area contributed by atoms with Gasteiger partial charge in [-0.1, -0.05) is 34.6 Å². The smallest absolute Gasteiger partial charge is 0.305 e. The van der Waals surface area contributed by atoms with E-state index in [1.54, 1.807) is 0 Å². The van der Waals surface area contributed by atoms with Crippen LogP contribution in [0.2, 0.25) is 18.1 Å². The molecule has 2 aromatic rings. The quantitative estimate of drug-likeness (QED) is 0.431. The van der Waals surface area contributed by atoms with Crippen molar-refractivity contribution in [1.82, 2.24) is 4.98 Å². The molecule has 0 aliphatic heterocycles. The van der Waals surface area contributed by atoms with Gasteiger partial charge in [0.2, 0.25) is 5.82 Å². The van der Waals surface area contributed by atoms with Crippen molar-refractivity contribution < 1.29 is 13.7 Å². The van der Waals surface area contributed by atoms with Crippen LogP contribution >= 0.6 is 0 Å². The van der Waals surface area contributed by atoms with E-state index in [-0.39, 0.29) is 10.5 Å². The lowest BCUT2D eigenvalue weighted by molar-refractivity contribution is -0.387. The van der Waals surface area contributed by atoms with Gasteiger partial charge in [0.25, 0.3) is 0 Å². The molecule has 0 radical (unpaired) electrons. The number of benzene rings is 1. The van der Waals surface area contributed by atoms with Gasteiger partial charge in [0.05, 0.1) is 4.92 Å². The Labute approximate surface area is 148 Å². The van der Waals surface area contributed by atoms with Gasteiger partial charge in [-0.05, 0) is 24.2 Å². The number of hydrogen-bond donors (Lipinski definition) is 1. The fourth-order valence-corrected chi connectivity index (χ4v) is 3.46. The molecule has 1 aromatic heterocycles. The number of aromatic nitrogens is 1. The normalized spacial score (nSPS) is 13.4. The monoisotopic (exact) mass is 366 g/mol. The Morgan fingerprint density at radius 2 is 1.80 bits per heavy atom. The predicted molar refractivity (Wildman–Crippen MR) is 101 cm³/mol. The van der Waals surface area contributed by atoms with Crippen LogP contribution < -0.4 is 0 Å². The Kier molecular flexibility index (Phi) is 4.87.